The third-order valence-electron chi connectivity index (χ3n) is 2.45. The molecule has 1 aromatic carbocycles. The molecule has 2 aromatic heterocycles. The van der Waals surface area contributed by atoms with E-state index in [0.29, 0.717) is 11.8 Å². The van der Waals surface area contributed by atoms with Crippen LogP contribution in [0.15, 0.2) is 59.9 Å². The molecule has 0 N–H and O–H groups in total. The number of hydrogen-bond donors (Lipinski definition) is 0. The van der Waals surface area contributed by atoms with E-state index in [1.807, 2.05) is 35.0 Å². The molecule has 0 aliphatic carbocycles. The minimum absolute atomic E-state index is 0.318. The van der Waals surface area contributed by atoms with E-state index >= 15 is 0 Å². The first-order valence-electron chi connectivity index (χ1n) is 5.55. The van der Waals surface area contributed by atoms with Gasteiger partial charge in [0.1, 0.15) is 5.75 Å². The van der Waals surface area contributed by atoms with Gasteiger partial charge in [-0.2, -0.15) is 0 Å². The van der Waals surface area contributed by atoms with E-state index in [-0.39, 0.29) is 0 Å². The summed E-state index contributed by atoms with van der Waals surface area (Å²) in [6.07, 6.45) is 8.64. The Hall–Kier alpha value is -2.21. The molecule has 0 amide bonds. The van der Waals surface area contributed by atoms with Gasteiger partial charge in [-0.05, 0) is 40.2 Å². The molecule has 2 heterocycles. The molecule has 94 valence electrons. The van der Waals surface area contributed by atoms with E-state index in [1.165, 1.54) is 0 Å². The van der Waals surface area contributed by atoms with Crippen LogP contribution in [0.1, 0.15) is 0 Å². The zero-order chi connectivity index (χ0) is 13.1. The number of rotatable bonds is 3. The lowest BCUT2D eigenvalue weighted by Gasteiger charge is -2.05. The van der Waals surface area contributed by atoms with Gasteiger partial charge in [0.25, 0.3) is 0 Å². The maximum absolute atomic E-state index is 5.54. The van der Waals surface area contributed by atoms with E-state index in [1.54, 1.807) is 24.9 Å². The van der Waals surface area contributed by atoms with Crippen LogP contribution in [-0.2, 0) is 0 Å². The smallest absolute Gasteiger partial charge is 0.321 e. The highest BCUT2D eigenvalue weighted by Gasteiger charge is 2.01. The van der Waals surface area contributed by atoms with Gasteiger partial charge in [0.2, 0.25) is 0 Å². The minimum atomic E-state index is 0.318. The minimum Gasteiger partial charge on any atom is -0.424 e. The number of ether oxygens (including phenoxy) is 1. The third-order valence-corrected chi connectivity index (χ3v) is 2.85. The second kappa shape index (κ2) is 5.19. The Labute approximate surface area is 118 Å². The Morgan fingerprint density at radius 2 is 1.79 bits per heavy atom. The summed E-state index contributed by atoms with van der Waals surface area (Å²) in [5, 5.41) is 0. The summed E-state index contributed by atoms with van der Waals surface area (Å²) >= 11 is 3.27. The summed E-state index contributed by atoms with van der Waals surface area (Å²) < 4.78 is 8.27. The number of benzene rings is 1. The Bertz CT molecular complexity index is 650. The summed E-state index contributed by atoms with van der Waals surface area (Å²) in [5.74, 6) is 0.686. The summed E-state index contributed by atoms with van der Waals surface area (Å²) in [7, 11) is 0. The Morgan fingerprint density at radius 1 is 1.05 bits per heavy atom. The molecule has 0 saturated carbocycles. The molecule has 19 heavy (non-hydrogen) atoms. The van der Waals surface area contributed by atoms with Gasteiger partial charge in [-0.15, -0.1) is 0 Å². The highest BCUT2D eigenvalue weighted by Crippen LogP contribution is 2.20. The van der Waals surface area contributed by atoms with Crippen molar-refractivity contribution in [3.05, 3.63) is 59.9 Å². The SMILES string of the molecule is Brc1cnc(Oc2ccc(-n3ccnc3)cc2)nc1. The fraction of sp³-hybridized carbons (Fsp3) is 0. The molecule has 0 saturated heterocycles. The number of halogens is 1. The van der Waals surface area contributed by atoms with E-state index in [4.69, 9.17) is 4.74 Å². The predicted octanol–water partition coefficient (Wildman–Crippen LogP) is 3.22. The van der Waals surface area contributed by atoms with Crippen LogP contribution in [0.3, 0.4) is 0 Å². The Balaban J connectivity index is 1.77. The first-order chi connectivity index (χ1) is 9.31. The standard InChI is InChI=1S/C13H9BrN4O/c14-10-7-16-13(17-8-10)19-12-3-1-11(2-4-12)18-6-5-15-9-18/h1-9H. The number of nitrogens with zero attached hydrogens (tertiary/aromatic N) is 4. The normalized spacial score (nSPS) is 10.4. The lowest BCUT2D eigenvalue weighted by molar-refractivity contribution is 0.441. The van der Waals surface area contributed by atoms with E-state index in [9.17, 15) is 0 Å². The predicted molar refractivity (Wildman–Crippen MR) is 73.4 cm³/mol. The van der Waals surface area contributed by atoms with Crippen molar-refractivity contribution in [3.63, 3.8) is 0 Å². The second-order valence-corrected chi connectivity index (χ2v) is 4.67. The Kier molecular flexibility index (Phi) is 3.24. The fourth-order valence-electron chi connectivity index (χ4n) is 1.56. The highest BCUT2D eigenvalue weighted by atomic mass is 79.9. The van der Waals surface area contributed by atoms with Crippen molar-refractivity contribution in [2.75, 3.05) is 0 Å². The molecule has 3 aromatic rings. The van der Waals surface area contributed by atoms with Crippen molar-refractivity contribution in [1.29, 1.82) is 0 Å². The second-order valence-electron chi connectivity index (χ2n) is 3.75. The van der Waals surface area contributed by atoms with Gasteiger partial charge in [-0.25, -0.2) is 15.0 Å². The van der Waals surface area contributed by atoms with Crippen LogP contribution in [0.2, 0.25) is 0 Å². The van der Waals surface area contributed by atoms with Crippen LogP contribution in [0.25, 0.3) is 5.69 Å². The molecule has 6 heteroatoms. The van der Waals surface area contributed by atoms with E-state index in [2.05, 4.69) is 30.9 Å². The third kappa shape index (κ3) is 2.79. The summed E-state index contributed by atoms with van der Waals surface area (Å²) in [6.45, 7) is 0. The van der Waals surface area contributed by atoms with Crippen LogP contribution in [0.5, 0.6) is 11.8 Å². The van der Waals surface area contributed by atoms with Gasteiger partial charge >= 0.3 is 6.01 Å². The average Bonchev–Trinajstić information content (AvgIpc) is 2.96. The molecular formula is C13H9BrN4O. The van der Waals surface area contributed by atoms with Crippen molar-refractivity contribution in [1.82, 2.24) is 19.5 Å². The van der Waals surface area contributed by atoms with Crippen LogP contribution in [0, 0.1) is 0 Å². The van der Waals surface area contributed by atoms with Crippen molar-refractivity contribution in [2.45, 2.75) is 0 Å². The zero-order valence-electron chi connectivity index (χ0n) is 9.77. The molecule has 0 radical (unpaired) electrons. The van der Waals surface area contributed by atoms with Crippen molar-refractivity contribution in [3.8, 4) is 17.4 Å². The molecule has 0 bridgehead atoms. The van der Waals surface area contributed by atoms with Gasteiger partial charge < -0.3 is 9.30 Å². The molecule has 0 spiro atoms. The van der Waals surface area contributed by atoms with Crippen molar-refractivity contribution >= 4 is 15.9 Å². The first kappa shape index (κ1) is 11.9. The first-order valence-corrected chi connectivity index (χ1v) is 6.34. The van der Waals surface area contributed by atoms with Gasteiger partial charge in [0.05, 0.1) is 10.8 Å². The largest absolute Gasteiger partial charge is 0.424 e. The lowest BCUT2D eigenvalue weighted by atomic mass is 10.3. The highest BCUT2D eigenvalue weighted by molar-refractivity contribution is 9.10. The van der Waals surface area contributed by atoms with Crippen LogP contribution >= 0.6 is 15.9 Å². The number of imidazole rings is 1. The average molecular weight is 317 g/mol. The summed E-state index contributed by atoms with van der Waals surface area (Å²) in [5.41, 5.74) is 1.02. The van der Waals surface area contributed by atoms with E-state index in [0.717, 1.165) is 10.2 Å². The van der Waals surface area contributed by atoms with E-state index < -0.39 is 0 Å². The molecule has 0 fully saturated rings. The summed E-state index contributed by atoms with van der Waals surface area (Å²) in [4.78, 5) is 12.1. The van der Waals surface area contributed by atoms with Crippen LogP contribution < -0.4 is 4.74 Å². The quantitative estimate of drug-likeness (QED) is 0.744. The molecule has 3 rings (SSSR count). The maximum Gasteiger partial charge on any atom is 0.321 e. The maximum atomic E-state index is 5.54. The number of hydrogen-bond acceptors (Lipinski definition) is 4. The Morgan fingerprint density at radius 3 is 2.42 bits per heavy atom. The molecule has 0 atom stereocenters. The molecule has 5 nitrogen and oxygen atoms in total. The monoisotopic (exact) mass is 316 g/mol. The molecule has 0 aliphatic rings. The van der Waals surface area contributed by atoms with Crippen molar-refractivity contribution in [2.24, 2.45) is 0 Å². The van der Waals surface area contributed by atoms with Crippen LogP contribution in [-0.4, -0.2) is 19.5 Å². The molecular weight excluding hydrogens is 308 g/mol. The van der Waals surface area contributed by atoms with Gasteiger partial charge in [-0.1, -0.05) is 0 Å². The van der Waals surface area contributed by atoms with Gasteiger partial charge in [-0.3, -0.25) is 0 Å². The van der Waals surface area contributed by atoms with Crippen LogP contribution in [0.4, 0.5) is 0 Å². The fourth-order valence-corrected chi connectivity index (χ4v) is 1.76. The lowest BCUT2D eigenvalue weighted by Crippen LogP contribution is -1.92. The summed E-state index contributed by atoms with van der Waals surface area (Å²) in [6, 6.07) is 7.92. The van der Waals surface area contributed by atoms with Gasteiger partial charge in [0.15, 0.2) is 0 Å². The van der Waals surface area contributed by atoms with Crippen molar-refractivity contribution < 1.29 is 4.74 Å². The molecule has 0 unspecified atom stereocenters. The molecule has 0 aliphatic heterocycles. The number of aromatic nitrogens is 4. The van der Waals surface area contributed by atoms with Gasteiger partial charge in [0, 0.05) is 30.5 Å². The topological polar surface area (TPSA) is 52.8 Å². The zero-order valence-corrected chi connectivity index (χ0v) is 11.4.